The smallest absolute Gasteiger partial charge is 0.124 e. The van der Waals surface area contributed by atoms with Crippen LogP contribution in [0.15, 0.2) is 73.2 Å². The fraction of sp³-hybridized carbons (Fsp3) is 0.172. The van der Waals surface area contributed by atoms with Crippen LogP contribution >= 0.6 is 0 Å². The molecule has 3 aromatic heterocycles. The lowest BCUT2D eigenvalue weighted by molar-refractivity contribution is 0.277. The Morgan fingerprint density at radius 1 is 0.921 bits per heavy atom. The van der Waals surface area contributed by atoms with Crippen molar-refractivity contribution < 1.29 is 14.6 Å². The summed E-state index contributed by atoms with van der Waals surface area (Å²) in [7, 11) is 5.11. The van der Waals surface area contributed by atoms with E-state index in [9.17, 15) is 5.11 Å². The highest BCUT2D eigenvalue weighted by atomic mass is 16.5. The minimum atomic E-state index is -0.135. The van der Waals surface area contributed by atoms with Crippen molar-refractivity contribution in [1.29, 1.82) is 0 Å². The second-order valence-corrected chi connectivity index (χ2v) is 8.46. The van der Waals surface area contributed by atoms with Gasteiger partial charge < -0.3 is 19.5 Å². The maximum absolute atomic E-state index is 9.39. The molecule has 5 aromatic rings. The monoisotopic (exact) mass is 506 g/mol. The normalized spacial score (nSPS) is 10.6. The zero-order valence-electron chi connectivity index (χ0n) is 21.3. The zero-order valence-corrected chi connectivity index (χ0v) is 21.3. The number of hydrogen-bond acceptors (Lipinski definition) is 8. The molecule has 0 fully saturated rings. The second-order valence-electron chi connectivity index (χ2n) is 8.46. The van der Waals surface area contributed by atoms with E-state index < -0.39 is 0 Å². The fourth-order valence-corrected chi connectivity index (χ4v) is 3.99. The van der Waals surface area contributed by atoms with E-state index in [-0.39, 0.29) is 6.61 Å². The molecule has 0 saturated carbocycles. The molecule has 9 nitrogen and oxygen atoms in total. The number of aliphatic hydroxyl groups excluding tert-OH is 1. The lowest BCUT2D eigenvalue weighted by Gasteiger charge is -2.24. The third-order valence-electron chi connectivity index (χ3n) is 5.91. The summed E-state index contributed by atoms with van der Waals surface area (Å²) in [6, 6.07) is 17.0. The largest absolute Gasteiger partial charge is 0.497 e. The summed E-state index contributed by atoms with van der Waals surface area (Å²) in [5, 5.41) is 13.6. The van der Waals surface area contributed by atoms with Crippen molar-refractivity contribution in [2.45, 2.75) is 6.61 Å². The first-order chi connectivity index (χ1) is 18.6. The highest BCUT2D eigenvalue weighted by Crippen LogP contribution is 2.34. The van der Waals surface area contributed by atoms with Gasteiger partial charge in [0.2, 0.25) is 0 Å². The van der Waals surface area contributed by atoms with Gasteiger partial charge in [-0.15, -0.1) is 0 Å². The first-order valence-electron chi connectivity index (χ1n) is 11.9. The van der Waals surface area contributed by atoms with Crippen molar-refractivity contribution in [2.75, 3.05) is 25.7 Å². The Morgan fingerprint density at radius 2 is 1.74 bits per heavy atom. The van der Waals surface area contributed by atoms with E-state index in [2.05, 4.69) is 26.9 Å². The Bertz CT molecular complexity index is 1630. The summed E-state index contributed by atoms with van der Waals surface area (Å²) in [5.41, 5.74) is 6.03. The van der Waals surface area contributed by atoms with Gasteiger partial charge in [-0.3, -0.25) is 9.67 Å². The van der Waals surface area contributed by atoms with Gasteiger partial charge in [0, 0.05) is 48.4 Å². The number of ether oxygens (including phenoxy) is 2. The minimum absolute atomic E-state index is 0.135. The summed E-state index contributed by atoms with van der Waals surface area (Å²) >= 11 is 0. The third kappa shape index (κ3) is 5.40. The Labute approximate surface area is 220 Å². The van der Waals surface area contributed by atoms with Gasteiger partial charge >= 0.3 is 0 Å². The van der Waals surface area contributed by atoms with Crippen LogP contribution in [0.4, 0.5) is 11.4 Å². The molecule has 1 N–H and O–H groups in total. The predicted octanol–water partition coefficient (Wildman–Crippen LogP) is 4.12. The predicted molar refractivity (Wildman–Crippen MR) is 145 cm³/mol. The number of rotatable bonds is 7. The van der Waals surface area contributed by atoms with Crippen LogP contribution in [0.1, 0.15) is 11.4 Å². The molecule has 2 aromatic carbocycles. The van der Waals surface area contributed by atoms with Crippen LogP contribution in [-0.2, 0) is 13.7 Å². The third-order valence-corrected chi connectivity index (χ3v) is 5.91. The maximum atomic E-state index is 9.39. The molecule has 38 heavy (non-hydrogen) atoms. The van der Waals surface area contributed by atoms with E-state index in [0.29, 0.717) is 29.4 Å². The first kappa shape index (κ1) is 24.7. The molecule has 0 saturated heterocycles. The van der Waals surface area contributed by atoms with Crippen molar-refractivity contribution in [1.82, 2.24) is 24.7 Å². The fourth-order valence-electron chi connectivity index (χ4n) is 3.99. The molecule has 0 atom stereocenters. The lowest BCUT2D eigenvalue weighted by Crippen LogP contribution is -2.17. The van der Waals surface area contributed by atoms with Gasteiger partial charge in [-0.1, -0.05) is 12.0 Å². The molecule has 9 heteroatoms. The average molecular weight is 507 g/mol. The van der Waals surface area contributed by atoms with Gasteiger partial charge in [-0.2, -0.15) is 5.10 Å². The Hall–Kier alpha value is -4.94. The highest BCUT2D eigenvalue weighted by molar-refractivity contribution is 5.83. The van der Waals surface area contributed by atoms with Crippen molar-refractivity contribution >= 4 is 22.4 Å². The molecule has 190 valence electrons. The van der Waals surface area contributed by atoms with Gasteiger partial charge in [0.15, 0.2) is 0 Å². The van der Waals surface area contributed by atoms with Gasteiger partial charge in [0.25, 0.3) is 0 Å². The number of aliphatic hydroxyl groups is 1. The maximum Gasteiger partial charge on any atom is 0.124 e. The van der Waals surface area contributed by atoms with Crippen molar-refractivity contribution in [3.05, 3.63) is 84.6 Å². The number of aromatic nitrogens is 5. The van der Waals surface area contributed by atoms with E-state index in [1.165, 1.54) is 0 Å². The molecule has 0 spiro atoms. The van der Waals surface area contributed by atoms with Crippen molar-refractivity contribution in [3.8, 4) is 34.6 Å². The summed E-state index contributed by atoms with van der Waals surface area (Å²) < 4.78 is 12.8. The first-order valence-corrected chi connectivity index (χ1v) is 11.9. The molecular weight excluding hydrogens is 480 g/mol. The van der Waals surface area contributed by atoms with Crippen molar-refractivity contribution in [3.63, 3.8) is 0 Å². The van der Waals surface area contributed by atoms with Crippen LogP contribution in [0, 0.1) is 11.8 Å². The molecule has 0 radical (unpaired) electrons. The van der Waals surface area contributed by atoms with E-state index in [1.54, 1.807) is 37.4 Å². The molecule has 3 heterocycles. The molecule has 0 unspecified atom stereocenters. The number of fused-ring (bicyclic) bond motifs is 1. The Balaban J connectivity index is 1.57. The van der Waals surface area contributed by atoms with E-state index in [1.807, 2.05) is 66.7 Å². The molecule has 0 aliphatic rings. The number of methoxy groups -OCH3 is 2. The van der Waals surface area contributed by atoms with E-state index in [0.717, 1.165) is 33.7 Å². The topological polar surface area (TPSA) is 98.4 Å². The molecule has 0 aliphatic heterocycles. The summed E-state index contributed by atoms with van der Waals surface area (Å²) in [6.07, 6.45) is 5.43. The standard InChI is InChI=1S/C29H26N6O3/c1-34-18-20(16-31-34)29-17-30-27-10-9-23(14-28(27)33-29)35(24-12-25(37-2)15-26(13-24)38-3)11-5-8-21-6-4-7-22(19-36)32-21/h4,6-7,9-10,12-18,36H,11,19H2,1-3H3. The van der Waals surface area contributed by atoms with Crippen molar-refractivity contribution in [2.24, 2.45) is 7.05 Å². The second kappa shape index (κ2) is 11.0. The summed E-state index contributed by atoms with van der Waals surface area (Å²) in [6.45, 7) is 0.215. The summed E-state index contributed by atoms with van der Waals surface area (Å²) in [5.74, 6) is 7.64. The molecule has 0 bridgehead atoms. The Morgan fingerprint density at radius 3 is 2.45 bits per heavy atom. The minimum Gasteiger partial charge on any atom is -0.497 e. The van der Waals surface area contributed by atoms with Crippen LogP contribution in [-0.4, -0.2) is 50.6 Å². The van der Waals surface area contributed by atoms with E-state index in [4.69, 9.17) is 14.5 Å². The van der Waals surface area contributed by atoms with Gasteiger partial charge in [-0.25, -0.2) is 9.97 Å². The van der Waals surface area contributed by atoms with Crippen LogP contribution in [0.5, 0.6) is 11.5 Å². The van der Waals surface area contributed by atoms with Gasteiger partial charge in [0.05, 0.1) is 62.2 Å². The molecular formula is C29H26N6O3. The SMILES string of the molecule is COc1cc(OC)cc(N(CC#Cc2cccc(CO)n2)c2ccc3ncc(-c4cnn(C)c4)nc3c2)c1. The lowest BCUT2D eigenvalue weighted by atomic mass is 10.2. The van der Waals surface area contributed by atoms with Crippen LogP contribution in [0.3, 0.4) is 0 Å². The number of hydrogen-bond donors (Lipinski definition) is 1. The van der Waals surface area contributed by atoms with E-state index >= 15 is 0 Å². The van der Waals surface area contributed by atoms with Crippen LogP contribution < -0.4 is 14.4 Å². The Kier molecular flexibility index (Phi) is 7.15. The van der Waals surface area contributed by atoms with Gasteiger partial charge in [-0.05, 0) is 36.3 Å². The summed E-state index contributed by atoms with van der Waals surface area (Å²) in [4.78, 5) is 15.9. The number of pyridine rings is 1. The highest BCUT2D eigenvalue weighted by Gasteiger charge is 2.14. The zero-order chi connectivity index (χ0) is 26.5. The van der Waals surface area contributed by atoms with Gasteiger partial charge in [0.1, 0.15) is 17.2 Å². The number of anilines is 2. The average Bonchev–Trinajstić information content (AvgIpc) is 3.40. The van der Waals surface area contributed by atoms with Crippen LogP contribution in [0.25, 0.3) is 22.3 Å². The molecule has 0 aliphatic carbocycles. The number of nitrogens with zero attached hydrogens (tertiary/aromatic N) is 6. The quantitative estimate of drug-likeness (QED) is 0.329. The number of benzene rings is 2. The van der Waals surface area contributed by atoms with Crippen LogP contribution in [0.2, 0.25) is 0 Å². The molecule has 0 amide bonds. The molecule has 5 rings (SSSR count). The number of aryl methyl sites for hydroxylation is 1.